The van der Waals surface area contributed by atoms with Crippen molar-refractivity contribution in [1.82, 2.24) is 14.8 Å². The molecule has 0 bridgehead atoms. The highest BCUT2D eigenvalue weighted by molar-refractivity contribution is 5.78. The molecule has 158 valence electrons. The molecule has 0 aromatic heterocycles. The smallest absolute Gasteiger partial charge is 0.228 e. The number of hydrazone groups is 1. The molecule has 1 fully saturated rings. The molecule has 29 heavy (non-hydrogen) atoms. The second-order valence-corrected chi connectivity index (χ2v) is 8.62. The molecule has 4 rings (SSSR count). The number of hydrogen-bond donors (Lipinski definition) is 0. The highest BCUT2D eigenvalue weighted by Gasteiger charge is 2.41. The number of nitrogens with zero attached hydrogens (tertiary/aromatic N) is 4. The van der Waals surface area contributed by atoms with Crippen LogP contribution >= 0.6 is 0 Å². The Morgan fingerprint density at radius 2 is 2.07 bits per heavy atom. The molecule has 0 N–H and O–H groups in total. The standard InChI is InChI=1S/C22H31FN4O2/c1-25(2)21(28)18(16-27-10-3-9-24-27)15-26-11-7-22(8-12-26)20-14-19(23)5-4-17(20)6-13-29-22/h4-5,9,14,18H,3,6-8,10-13,15-16H2,1-2H3. The largest absolute Gasteiger partial charge is 0.370 e. The van der Waals surface area contributed by atoms with Crippen LogP contribution < -0.4 is 0 Å². The summed E-state index contributed by atoms with van der Waals surface area (Å²) in [5, 5.41) is 6.38. The van der Waals surface area contributed by atoms with Gasteiger partial charge in [-0.15, -0.1) is 0 Å². The number of carbonyl (C=O) groups excluding carboxylic acids is 1. The van der Waals surface area contributed by atoms with Crippen molar-refractivity contribution in [2.24, 2.45) is 11.0 Å². The SMILES string of the molecule is CN(C)C(=O)C(CN1CCC2(CC1)OCCc1ccc(F)cc12)CN1CCC=N1. The first-order chi connectivity index (χ1) is 14.0. The van der Waals surface area contributed by atoms with Crippen LogP contribution in [0, 0.1) is 11.7 Å². The van der Waals surface area contributed by atoms with Gasteiger partial charge in [0.1, 0.15) is 5.82 Å². The van der Waals surface area contributed by atoms with Gasteiger partial charge in [-0.25, -0.2) is 4.39 Å². The fraction of sp³-hybridized carbons (Fsp3) is 0.636. The summed E-state index contributed by atoms with van der Waals surface area (Å²) in [6.45, 7) is 4.63. The van der Waals surface area contributed by atoms with E-state index in [-0.39, 0.29) is 23.2 Å². The van der Waals surface area contributed by atoms with Crippen molar-refractivity contribution in [3.8, 4) is 0 Å². The molecule has 0 radical (unpaired) electrons. The zero-order valence-electron chi connectivity index (χ0n) is 17.4. The lowest BCUT2D eigenvalue weighted by Gasteiger charge is -2.45. The van der Waals surface area contributed by atoms with Gasteiger partial charge in [0.2, 0.25) is 5.91 Å². The van der Waals surface area contributed by atoms with Gasteiger partial charge in [-0.05, 0) is 42.5 Å². The molecule has 6 nitrogen and oxygen atoms in total. The van der Waals surface area contributed by atoms with E-state index in [1.807, 2.05) is 31.4 Å². The number of carbonyl (C=O) groups is 1. The maximum Gasteiger partial charge on any atom is 0.228 e. The number of rotatable bonds is 5. The van der Waals surface area contributed by atoms with Gasteiger partial charge in [-0.1, -0.05) is 6.07 Å². The molecule has 1 unspecified atom stereocenters. The molecule has 1 spiro atoms. The third kappa shape index (κ3) is 4.31. The van der Waals surface area contributed by atoms with Crippen LogP contribution in [0.5, 0.6) is 0 Å². The van der Waals surface area contributed by atoms with Gasteiger partial charge >= 0.3 is 0 Å². The number of piperidine rings is 1. The molecule has 1 saturated heterocycles. The average molecular weight is 403 g/mol. The summed E-state index contributed by atoms with van der Waals surface area (Å²) in [6, 6.07) is 5.11. The van der Waals surface area contributed by atoms with Crippen molar-refractivity contribution in [2.45, 2.75) is 31.3 Å². The van der Waals surface area contributed by atoms with Gasteiger partial charge in [0.05, 0.1) is 18.1 Å². The normalized spacial score (nSPS) is 22.0. The van der Waals surface area contributed by atoms with Crippen LogP contribution in [-0.2, 0) is 21.6 Å². The molecule has 0 aliphatic carbocycles. The number of fused-ring (bicyclic) bond motifs is 2. The molecule has 1 aromatic carbocycles. The van der Waals surface area contributed by atoms with E-state index in [1.54, 1.807) is 17.0 Å². The average Bonchev–Trinajstić information content (AvgIpc) is 3.22. The minimum absolute atomic E-state index is 0.105. The second-order valence-electron chi connectivity index (χ2n) is 8.62. The van der Waals surface area contributed by atoms with Crippen LogP contribution in [0.1, 0.15) is 30.4 Å². The van der Waals surface area contributed by atoms with Crippen molar-refractivity contribution in [3.05, 3.63) is 35.1 Å². The topological polar surface area (TPSA) is 48.4 Å². The fourth-order valence-electron chi connectivity index (χ4n) is 4.86. The third-order valence-electron chi connectivity index (χ3n) is 6.44. The molecule has 0 saturated carbocycles. The zero-order valence-corrected chi connectivity index (χ0v) is 17.4. The molecule has 1 atom stereocenters. The van der Waals surface area contributed by atoms with Crippen molar-refractivity contribution in [3.63, 3.8) is 0 Å². The molecule has 7 heteroatoms. The van der Waals surface area contributed by atoms with E-state index in [0.29, 0.717) is 13.2 Å². The van der Waals surface area contributed by atoms with E-state index in [2.05, 4.69) is 10.0 Å². The first-order valence-corrected chi connectivity index (χ1v) is 10.6. The number of ether oxygens (including phenoxy) is 1. The molecule has 1 aromatic rings. The number of halogens is 1. The Labute approximate surface area is 172 Å². The van der Waals surface area contributed by atoms with Gasteiger partial charge in [0.15, 0.2) is 0 Å². The summed E-state index contributed by atoms with van der Waals surface area (Å²) in [4.78, 5) is 16.8. The molecular weight excluding hydrogens is 371 g/mol. The lowest BCUT2D eigenvalue weighted by atomic mass is 9.79. The Bertz CT molecular complexity index is 774. The molecule has 3 aliphatic heterocycles. The summed E-state index contributed by atoms with van der Waals surface area (Å²) in [5.41, 5.74) is 1.85. The Morgan fingerprint density at radius 1 is 1.28 bits per heavy atom. The van der Waals surface area contributed by atoms with Crippen molar-refractivity contribution >= 4 is 12.1 Å². The quantitative estimate of drug-likeness (QED) is 0.757. The first kappa shape index (κ1) is 20.3. The molecular formula is C22H31FN4O2. The van der Waals surface area contributed by atoms with E-state index in [4.69, 9.17) is 4.74 Å². The van der Waals surface area contributed by atoms with Crippen LogP contribution in [-0.4, -0.2) is 80.4 Å². The number of likely N-dealkylation sites (tertiary alicyclic amines) is 1. The monoisotopic (exact) mass is 402 g/mol. The Kier molecular flexibility index (Phi) is 5.88. The minimum atomic E-state index is -0.382. The van der Waals surface area contributed by atoms with Crippen LogP contribution in [0.25, 0.3) is 0 Å². The molecule has 1 amide bonds. The van der Waals surface area contributed by atoms with Gasteiger partial charge in [-0.2, -0.15) is 5.10 Å². The first-order valence-electron chi connectivity index (χ1n) is 10.6. The van der Waals surface area contributed by atoms with Crippen LogP contribution in [0.15, 0.2) is 23.3 Å². The predicted octanol–water partition coefficient (Wildman–Crippen LogP) is 2.09. The van der Waals surface area contributed by atoms with E-state index in [1.165, 1.54) is 5.56 Å². The second kappa shape index (κ2) is 8.40. The zero-order chi connectivity index (χ0) is 20.4. The summed E-state index contributed by atoms with van der Waals surface area (Å²) in [5.74, 6) is -0.154. The number of benzene rings is 1. The van der Waals surface area contributed by atoms with Crippen LogP contribution in [0.3, 0.4) is 0 Å². The van der Waals surface area contributed by atoms with Gasteiger partial charge in [0, 0.05) is 59.5 Å². The molecule has 3 heterocycles. The Morgan fingerprint density at radius 3 is 2.76 bits per heavy atom. The maximum absolute atomic E-state index is 13.9. The van der Waals surface area contributed by atoms with E-state index >= 15 is 0 Å². The van der Waals surface area contributed by atoms with Crippen LogP contribution in [0.2, 0.25) is 0 Å². The number of amides is 1. The minimum Gasteiger partial charge on any atom is -0.370 e. The van der Waals surface area contributed by atoms with Crippen LogP contribution in [0.4, 0.5) is 4.39 Å². The van der Waals surface area contributed by atoms with E-state index in [0.717, 1.165) is 57.4 Å². The fourth-order valence-corrected chi connectivity index (χ4v) is 4.86. The number of hydrogen-bond acceptors (Lipinski definition) is 5. The summed E-state index contributed by atoms with van der Waals surface area (Å²) in [7, 11) is 3.63. The van der Waals surface area contributed by atoms with E-state index in [9.17, 15) is 9.18 Å². The van der Waals surface area contributed by atoms with Crippen molar-refractivity contribution in [2.75, 3.05) is 53.4 Å². The molecule has 3 aliphatic rings. The van der Waals surface area contributed by atoms with Crippen molar-refractivity contribution in [1.29, 1.82) is 0 Å². The third-order valence-corrected chi connectivity index (χ3v) is 6.44. The highest BCUT2D eigenvalue weighted by Crippen LogP contribution is 2.41. The summed E-state index contributed by atoms with van der Waals surface area (Å²) < 4.78 is 20.2. The Hall–Kier alpha value is -1.99. The lowest BCUT2D eigenvalue weighted by Crippen LogP contribution is -2.50. The highest BCUT2D eigenvalue weighted by atomic mass is 19.1. The van der Waals surface area contributed by atoms with E-state index < -0.39 is 0 Å². The van der Waals surface area contributed by atoms with Gasteiger partial charge < -0.3 is 14.5 Å². The maximum atomic E-state index is 13.9. The van der Waals surface area contributed by atoms with Crippen molar-refractivity contribution < 1.29 is 13.9 Å². The summed E-state index contributed by atoms with van der Waals surface area (Å²) >= 11 is 0. The lowest BCUT2D eigenvalue weighted by molar-refractivity contribution is -0.135. The van der Waals surface area contributed by atoms with Gasteiger partial charge in [-0.3, -0.25) is 9.80 Å². The van der Waals surface area contributed by atoms with Gasteiger partial charge in [0.25, 0.3) is 0 Å². The summed E-state index contributed by atoms with van der Waals surface area (Å²) in [6.07, 6.45) is 5.36. The Balaban J connectivity index is 1.43. The predicted molar refractivity (Wildman–Crippen MR) is 110 cm³/mol.